The van der Waals surface area contributed by atoms with Gasteiger partial charge in [0.25, 0.3) is 0 Å². The summed E-state index contributed by atoms with van der Waals surface area (Å²) in [4.78, 5) is 0. The number of benzene rings is 12. The molecule has 1 aromatic heterocycles. The fraction of sp³-hybridized carbons (Fsp3) is 0. The second kappa shape index (κ2) is 11.5. The SMILES string of the molecule is [2H]c1c([2H])c([2H])c(-n2c3c([2H])c([2H])c([2H])c([2H])c3c3c([2H])c(-c4c([2H])c(-c5c([2H])c([2H])c6c([2H])c([2H])c7c([2H])c([2H])c([2H])c8c([2H])c([2H])c5c6c78)c([2H])c(-c5c([2H])c([2H])c6c([2H])c([2H])c7c([2H])c([2H])c([2H])c8c([2H])c([2H])c5c6c78)c4[2H])c([2H])c([2H])c32)c([2H])c1[2H]. The molecule has 0 saturated carbocycles. The van der Waals surface area contributed by atoms with Crippen molar-refractivity contribution in [3.63, 3.8) is 0 Å². The van der Waals surface area contributed by atoms with Crippen LogP contribution in [0.2, 0.25) is 0 Å². The minimum atomic E-state index is -1.21. The van der Waals surface area contributed by atoms with E-state index in [1.54, 1.807) is 0 Å². The molecule has 0 aliphatic heterocycles. The second-order valence-corrected chi connectivity index (χ2v) is 13.0. The van der Waals surface area contributed by atoms with E-state index < -0.39 is 325 Å². The Morgan fingerprint density at radius 2 is 0.754 bits per heavy atom. The number of para-hydroxylation sites is 2. The lowest BCUT2D eigenvalue weighted by Crippen LogP contribution is -1.93. The summed E-state index contributed by atoms with van der Waals surface area (Å²) in [5, 5.41) is -7.71. The molecule has 0 unspecified atom stereocenters. The van der Waals surface area contributed by atoms with Crippen LogP contribution in [0, 0.1) is 0 Å². The minimum Gasteiger partial charge on any atom is -0.309 e. The first-order valence-electron chi connectivity index (χ1n) is 33.7. The first kappa shape index (κ1) is 13.0. The molecule has 0 fully saturated rings. The fourth-order valence-electron chi connectivity index (χ4n) is 7.56. The second-order valence-electron chi connectivity index (χ2n) is 13.0. The Morgan fingerprint density at radius 1 is 0.281 bits per heavy atom. The minimum absolute atomic E-state index is 0.399. The van der Waals surface area contributed by atoms with Crippen molar-refractivity contribution in [3.8, 4) is 39.1 Å². The predicted octanol–water partition coefficient (Wildman–Crippen LogP) is 15.6. The standard InChI is InChI=1S/C56H33N/c1-2-12-44(13-3-1)57-51-15-5-4-14-47(51)50-33-40(24-29-52(50)57)41-30-42(45-25-20-38-18-16-34-8-6-10-36-22-27-48(45)55(38)53(34)36)32-43(31-41)46-26-21-39-19-17-35-9-7-11-37-23-28-49(46)56(39)54(35)37/h1-33H/i1D,2D,3D,4D,5D,6D,7D,8D,9D,10D,11D,12D,13D,14D,15D,16D,17D,18D,19D,20D,21D,22D,23D,24D,25D,26D,27D,28D,29D,30D,31D,32D,33D. The van der Waals surface area contributed by atoms with Gasteiger partial charge in [-0.15, -0.1) is 0 Å². The molecule has 0 aliphatic carbocycles. The predicted molar refractivity (Wildman–Crippen MR) is 244 cm³/mol. The van der Waals surface area contributed by atoms with Crippen LogP contribution in [-0.4, -0.2) is 4.57 Å². The molecule has 1 heterocycles. The van der Waals surface area contributed by atoms with Gasteiger partial charge in [0.05, 0.1) is 56.3 Å². The van der Waals surface area contributed by atoms with Gasteiger partial charge in [-0.2, -0.15) is 0 Å². The highest BCUT2D eigenvalue weighted by Gasteiger charge is 2.18. The van der Waals surface area contributed by atoms with Gasteiger partial charge in [0.1, 0.15) is 0 Å². The van der Waals surface area contributed by atoms with E-state index in [0.29, 0.717) is 4.57 Å². The number of hydrogen-bond acceptors (Lipinski definition) is 0. The molecule has 1 nitrogen and oxygen atoms in total. The Hall–Kier alpha value is -7.48. The van der Waals surface area contributed by atoms with Crippen molar-refractivity contribution in [1.29, 1.82) is 0 Å². The zero-order valence-electron chi connectivity index (χ0n) is 61.4. The molecule has 0 radical (unpaired) electrons. The first-order chi connectivity index (χ1) is 42.1. The smallest absolute Gasteiger partial charge is 0.0645 e. The monoisotopic (exact) mass is 752 g/mol. The molecular weight excluding hydrogens is 687 g/mol. The van der Waals surface area contributed by atoms with Crippen molar-refractivity contribution >= 4 is 86.4 Å². The highest BCUT2D eigenvalue weighted by atomic mass is 15.0. The van der Waals surface area contributed by atoms with Crippen molar-refractivity contribution in [2.24, 2.45) is 0 Å². The summed E-state index contributed by atoms with van der Waals surface area (Å²) in [5.41, 5.74) is -8.07. The zero-order chi connectivity index (χ0) is 65.9. The number of rotatable bonds is 4. The van der Waals surface area contributed by atoms with E-state index >= 15 is 0 Å². The lowest BCUT2D eigenvalue weighted by Gasteiger charge is -2.18. The maximum absolute atomic E-state index is 10.4. The van der Waals surface area contributed by atoms with Crippen LogP contribution in [0.4, 0.5) is 0 Å². The van der Waals surface area contributed by atoms with Gasteiger partial charge in [0.2, 0.25) is 0 Å². The lowest BCUT2D eigenvalue weighted by atomic mass is 9.86. The molecular formula is C56H33N. The van der Waals surface area contributed by atoms with Gasteiger partial charge in [0.15, 0.2) is 0 Å². The van der Waals surface area contributed by atoms with Crippen LogP contribution < -0.4 is 0 Å². The van der Waals surface area contributed by atoms with Crippen molar-refractivity contribution in [2.45, 2.75) is 0 Å². The van der Waals surface area contributed by atoms with E-state index in [4.69, 9.17) is 20.6 Å². The normalized spacial score (nSPS) is 20.3. The third-order valence-corrected chi connectivity index (χ3v) is 9.99. The van der Waals surface area contributed by atoms with Crippen molar-refractivity contribution < 1.29 is 45.2 Å². The molecule has 13 rings (SSSR count). The molecule has 0 spiro atoms. The summed E-state index contributed by atoms with van der Waals surface area (Å²) >= 11 is 0. The van der Waals surface area contributed by atoms with Crippen molar-refractivity contribution in [1.82, 2.24) is 4.57 Å². The highest BCUT2D eigenvalue weighted by molar-refractivity contribution is 6.27. The first-order valence-corrected chi connectivity index (χ1v) is 17.2. The fourth-order valence-corrected chi connectivity index (χ4v) is 7.56. The van der Waals surface area contributed by atoms with Crippen molar-refractivity contribution in [2.75, 3.05) is 0 Å². The van der Waals surface area contributed by atoms with E-state index in [-0.39, 0.29) is 0 Å². The number of aromatic nitrogens is 1. The van der Waals surface area contributed by atoms with Crippen LogP contribution in [-0.2, 0) is 0 Å². The summed E-state index contributed by atoms with van der Waals surface area (Å²) in [6.07, 6.45) is 0. The van der Waals surface area contributed by atoms with Crippen LogP contribution in [0.5, 0.6) is 0 Å². The van der Waals surface area contributed by atoms with Gasteiger partial charge in [-0.05, 0) is 146 Å². The third kappa shape index (κ3) is 4.40. The van der Waals surface area contributed by atoms with Crippen LogP contribution in [0.1, 0.15) is 45.2 Å². The third-order valence-electron chi connectivity index (χ3n) is 9.99. The largest absolute Gasteiger partial charge is 0.309 e. The van der Waals surface area contributed by atoms with E-state index in [9.17, 15) is 24.7 Å². The Bertz CT molecular complexity index is 5380. The summed E-state index contributed by atoms with van der Waals surface area (Å²) in [7, 11) is 0. The average molecular weight is 753 g/mol. The van der Waals surface area contributed by atoms with Crippen molar-refractivity contribution in [3.05, 3.63) is 199 Å². The van der Waals surface area contributed by atoms with Gasteiger partial charge < -0.3 is 4.57 Å². The number of nitrogens with zero attached hydrogens (tertiary/aromatic N) is 1. The van der Waals surface area contributed by atoms with Crippen LogP contribution in [0.25, 0.3) is 126 Å². The maximum atomic E-state index is 10.4. The van der Waals surface area contributed by atoms with E-state index in [0.717, 1.165) is 0 Å². The van der Waals surface area contributed by atoms with Crippen LogP contribution in [0.3, 0.4) is 0 Å². The molecule has 1 heteroatoms. The molecule has 0 atom stereocenters. The molecule has 262 valence electrons. The van der Waals surface area contributed by atoms with Gasteiger partial charge in [-0.1, -0.05) is 151 Å². The van der Waals surface area contributed by atoms with Crippen LogP contribution >= 0.6 is 0 Å². The number of hydrogen-bond donors (Lipinski definition) is 0. The van der Waals surface area contributed by atoms with Gasteiger partial charge >= 0.3 is 0 Å². The van der Waals surface area contributed by atoms with Gasteiger partial charge in [-0.25, -0.2) is 0 Å². The Labute approximate surface area is 375 Å². The Balaban J connectivity index is 1.33. The topological polar surface area (TPSA) is 4.93 Å². The quantitative estimate of drug-likeness (QED) is 0.158. The molecule has 0 saturated heterocycles. The molecule has 0 amide bonds. The van der Waals surface area contributed by atoms with E-state index in [2.05, 4.69) is 0 Å². The summed E-state index contributed by atoms with van der Waals surface area (Å²) < 4.78 is 308. The molecule has 12 aromatic carbocycles. The zero-order valence-corrected chi connectivity index (χ0v) is 28.4. The molecule has 0 bridgehead atoms. The van der Waals surface area contributed by atoms with E-state index in [1.807, 2.05) is 0 Å². The van der Waals surface area contributed by atoms with Crippen LogP contribution in [0.15, 0.2) is 199 Å². The molecule has 0 aliphatic rings. The molecule has 57 heavy (non-hydrogen) atoms. The van der Waals surface area contributed by atoms with Gasteiger partial charge in [0, 0.05) is 16.5 Å². The Morgan fingerprint density at radius 3 is 1.35 bits per heavy atom. The lowest BCUT2D eigenvalue weighted by molar-refractivity contribution is 1.18. The highest BCUT2D eigenvalue weighted by Crippen LogP contribution is 2.45. The van der Waals surface area contributed by atoms with Gasteiger partial charge in [-0.3, -0.25) is 0 Å². The summed E-state index contributed by atoms with van der Waals surface area (Å²) in [5.74, 6) is 0. The molecule has 13 aromatic rings. The van der Waals surface area contributed by atoms with E-state index in [1.165, 1.54) is 0 Å². The Kier molecular flexibility index (Phi) is 2.64. The number of fused-ring (bicyclic) bond motifs is 3. The molecule has 0 N–H and O–H groups in total. The summed E-state index contributed by atoms with van der Waals surface area (Å²) in [6.45, 7) is 0. The maximum Gasteiger partial charge on any atom is 0.0645 e. The summed E-state index contributed by atoms with van der Waals surface area (Å²) in [6, 6.07) is -31.5. The average Bonchev–Trinajstić information content (AvgIpc) is 0.800.